The normalized spacial score (nSPS) is 22.3. The Morgan fingerprint density at radius 2 is 2.04 bits per heavy atom. The lowest BCUT2D eigenvalue weighted by molar-refractivity contribution is 0.0769. The van der Waals surface area contributed by atoms with E-state index in [4.69, 9.17) is 20.9 Å². The van der Waals surface area contributed by atoms with Gasteiger partial charge in [-0.25, -0.2) is 8.78 Å². The Kier molecular flexibility index (Phi) is 9.17. The SMILES string of the molecule is C#CCC1=C(F)CCc2cc(O)cc(-c3ncc4c(N5CCOCC(C)C5)nc(OC[C@@]5(C)CCCN5CC(C)C)nc4c3F)c21. The third kappa shape index (κ3) is 6.27. The zero-order valence-corrected chi connectivity index (χ0v) is 27.2. The van der Waals surface area contributed by atoms with Crippen molar-refractivity contribution >= 4 is 22.3 Å². The molecule has 0 bridgehead atoms. The summed E-state index contributed by atoms with van der Waals surface area (Å²) in [6.45, 7) is 13.4. The molecule has 6 rings (SSSR count). The van der Waals surface area contributed by atoms with Crippen LogP contribution < -0.4 is 9.64 Å². The molecule has 4 heterocycles. The maximum atomic E-state index is 16.9. The number of aryl methyl sites for hydroxylation is 1. The molecule has 3 aromatic rings. The fourth-order valence-corrected chi connectivity index (χ4v) is 7.14. The highest BCUT2D eigenvalue weighted by atomic mass is 19.1. The van der Waals surface area contributed by atoms with Crippen molar-refractivity contribution in [2.75, 3.05) is 50.9 Å². The summed E-state index contributed by atoms with van der Waals surface area (Å²) in [6, 6.07) is 3.09. The lowest BCUT2D eigenvalue weighted by Crippen LogP contribution is -2.47. The Labute approximate surface area is 269 Å². The molecule has 1 aromatic carbocycles. The number of phenols is 1. The Bertz CT molecular complexity index is 1700. The molecule has 46 heavy (non-hydrogen) atoms. The standard InChI is InChI=1S/C36H43F2N5O3/c1-6-8-26-29(37)10-9-24-15-25(44)16-27(30(24)26)32-31(38)33-28(17-39-32)34(42-13-14-45-20-23(4)19-42)41-35(40-33)46-21-36(5)11-7-12-43(36)18-22(2)3/h1,15-17,22-23,44H,7-14,18-21H2,2-5H3/t23?,36-/m1/s1. The molecule has 2 fully saturated rings. The molecule has 244 valence electrons. The monoisotopic (exact) mass is 631 g/mol. The predicted octanol–water partition coefficient (Wildman–Crippen LogP) is 6.55. The number of allylic oxidation sites excluding steroid dienone is 2. The van der Waals surface area contributed by atoms with E-state index in [0.717, 1.165) is 25.9 Å². The van der Waals surface area contributed by atoms with Gasteiger partial charge in [-0.15, -0.1) is 12.3 Å². The van der Waals surface area contributed by atoms with Gasteiger partial charge in [0.2, 0.25) is 0 Å². The Balaban J connectivity index is 1.48. The van der Waals surface area contributed by atoms with E-state index in [1.807, 2.05) is 0 Å². The Hall–Kier alpha value is -3.81. The van der Waals surface area contributed by atoms with Gasteiger partial charge in [0.05, 0.1) is 24.1 Å². The Morgan fingerprint density at radius 1 is 1.22 bits per heavy atom. The van der Waals surface area contributed by atoms with Crippen molar-refractivity contribution in [3.05, 3.63) is 41.1 Å². The van der Waals surface area contributed by atoms with Crippen molar-refractivity contribution in [2.45, 2.75) is 65.3 Å². The number of hydrogen-bond donors (Lipinski definition) is 1. The number of ether oxygens (including phenoxy) is 2. The number of likely N-dealkylation sites (tertiary alicyclic amines) is 1. The molecule has 0 amide bonds. The van der Waals surface area contributed by atoms with Gasteiger partial charge in [-0.3, -0.25) is 9.88 Å². The molecular weight excluding hydrogens is 588 g/mol. The van der Waals surface area contributed by atoms with Crippen LogP contribution >= 0.6 is 0 Å². The average Bonchev–Trinajstić information content (AvgIpc) is 3.22. The van der Waals surface area contributed by atoms with E-state index >= 15 is 8.78 Å². The van der Waals surface area contributed by atoms with Crippen LogP contribution in [0.3, 0.4) is 0 Å². The summed E-state index contributed by atoms with van der Waals surface area (Å²) in [5.74, 6) is 2.72. The second-order valence-corrected chi connectivity index (χ2v) is 13.7. The fourth-order valence-electron chi connectivity index (χ4n) is 7.14. The number of aromatic hydroxyl groups is 1. The minimum absolute atomic E-state index is 0.0396. The predicted molar refractivity (Wildman–Crippen MR) is 176 cm³/mol. The lowest BCUT2D eigenvalue weighted by atomic mass is 9.84. The first kappa shape index (κ1) is 32.1. The Morgan fingerprint density at radius 3 is 2.83 bits per heavy atom. The van der Waals surface area contributed by atoms with Gasteiger partial charge >= 0.3 is 6.01 Å². The van der Waals surface area contributed by atoms with Crippen molar-refractivity contribution in [1.29, 1.82) is 0 Å². The number of terminal acetylenes is 1. The molecule has 2 atom stereocenters. The van der Waals surface area contributed by atoms with Crippen molar-refractivity contribution in [3.63, 3.8) is 0 Å². The van der Waals surface area contributed by atoms with Crippen LogP contribution in [-0.4, -0.2) is 76.5 Å². The molecule has 2 aliphatic heterocycles. The van der Waals surface area contributed by atoms with E-state index in [1.54, 1.807) is 12.3 Å². The summed E-state index contributed by atoms with van der Waals surface area (Å²) >= 11 is 0. The molecule has 0 radical (unpaired) electrons. The summed E-state index contributed by atoms with van der Waals surface area (Å²) in [5.41, 5.74) is 1.59. The molecule has 0 spiro atoms. The van der Waals surface area contributed by atoms with Crippen molar-refractivity contribution < 1.29 is 23.4 Å². The van der Waals surface area contributed by atoms with E-state index in [1.165, 1.54) is 6.07 Å². The molecule has 3 aliphatic rings. The van der Waals surface area contributed by atoms with E-state index < -0.39 is 5.82 Å². The van der Waals surface area contributed by atoms with Crippen molar-refractivity contribution in [2.24, 2.45) is 11.8 Å². The third-order valence-electron chi connectivity index (χ3n) is 9.37. The smallest absolute Gasteiger partial charge is 0.319 e. The number of benzene rings is 1. The summed E-state index contributed by atoms with van der Waals surface area (Å²) < 4.78 is 44.2. The lowest BCUT2D eigenvalue weighted by Gasteiger charge is -2.35. The van der Waals surface area contributed by atoms with E-state index in [9.17, 15) is 5.11 Å². The highest BCUT2D eigenvalue weighted by Crippen LogP contribution is 2.43. The number of phenolic OH excluding ortho intramolecular Hbond substituents is 1. The molecule has 2 aromatic heterocycles. The number of fused-ring (bicyclic) bond motifs is 2. The number of pyridine rings is 1. The highest BCUT2D eigenvalue weighted by Gasteiger charge is 2.38. The highest BCUT2D eigenvalue weighted by molar-refractivity contribution is 5.94. The fraction of sp³-hybridized carbons (Fsp3) is 0.528. The van der Waals surface area contributed by atoms with Crippen LogP contribution in [-0.2, 0) is 11.2 Å². The van der Waals surface area contributed by atoms with Crippen LogP contribution in [0.5, 0.6) is 11.8 Å². The van der Waals surface area contributed by atoms with Gasteiger partial charge < -0.3 is 19.5 Å². The van der Waals surface area contributed by atoms with Crippen LogP contribution in [0.1, 0.15) is 64.5 Å². The summed E-state index contributed by atoms with van der Waals surface area (Å²) in [7, 11) is 0. The maximum Gasteiger partial charge on any atom is 0.319 e. The first-order chi connectivity index (χ1) is 22.1. The molecule has 1 aliphatic carbocycles. The van der Waals surface area contributed by atoms with Gasteiger partial charge in [0, 0.05) is 49.8 Å². The van der Waals surface area contributed by atoms with Crippen LogP contribution in [0, 0.1) is 30.0 Å². The number of rotatable bonds is 8. The topological polar surface area (TPSA) is 83.8 Å². The number of aromatic nitrogens is 3. The van der Waals surface area contributed by atoms with Gasteiger partial charge in [0.25, 0.3) is 0 Å². The van der Waals surface area contributed by atoms with Crippen molar-refractivity contribution in [1.82, 2.24) is 19.9 Å². The van der Waals surface area contributed by atoms with E-state index in [2.05, 4.69) is 53.4 Å². The number of halogens is 2. The van der Waals surface area contributed by atoms with Gasteiger partial charge in [-0.05, 0) is 67.8 Å². The molecule has 1 unspecified atom stereocenters. The largest absolute Gasteiger partial charge is 0.508 e. The minimum Gasteiger partial charge on any atom is -0.508 e. The molecule has 0 saturated carbocycles. The summed E-state index contributed by atoms with van der Waals surface area (Å²) in [4.78, 5) is 18.6. The third-order valence-corrected chi connectivity index (χ3v) is 9.37. The molecule has 10 heteroatoms. The summed E-state index contributed by atoms with van der Waals surface area (Å²) in [5, 5.41) is 11.1. The number of nitrogens with zero attached hydrogens (tertiary/aromatic N) is 5. The first-order valence-corrected chi connectivity index (χ1v) is 16.3. The number of anilines is 1. The van der Waals surface area contributed by atoms with Crippen LogP contribution in [0.15, 0.2) is 24.2 Å². The average molecular weight is 632 g/mol. The molecular formula is C36H43F2N5O3. The minimum atomic E-state index is -0.697. The quantitative estimate of drug-likeness (QED) is 0.281. The molecule has 8 nitrogen and oxygen atoms in total. The zero-order valence-electron chi connectivity index (χ0n) is 27.2. The second-order valence-electron chi connectivity index (χ2n) is 13.7. The molecule has 1 N–H and O–H groups in total. The van der Waals surface area contributed by atoms with Gasteiger partial charge in [-0.2, -0.15) is 9.97 Å². The van der Waals surface area contributed by atoms with Gasteiger partial charge in [0.1, 0.15) is 35.2 Å². The van der Waals surface area contributed by atoms with Crippen LogP contribution in [0.4, 0.5) is 14.6 Å². The maximum absolute atomic E-state index is 16.9. The second kappa shape index (κ2) is 13.1. The van der Waals surface area contributed by atoms with Gasteiger partial charge in [-0.1, -0.05) is 20.8 Å². The zero-order chi connectivity index (χ0) is 32.6. The van der Waals surface area contributed by atoms with Crippen molar-refractivity contribution in [3.8, 4) is 35.4 Å². The van der Waals surface area contributed by atoms with Crippen LogP contribution in [0.25, 0.3) is 27.7 Å². The van der Waals surface area contributed by atoms with Crippen LogP contribution in [0.2, 0.25) is 0 Å². The number of hydrogen-bond acceptors (Lipinski definition) is 8. The van der Waals surface area contributed by atoms with E-state index in [0.29, 0.717) is 73.2 Å². The summed E-state index contributed by atoms with van der Waals surface area (Å²) in [6.07, 6.45) is 9.80. The van der Waals surface area contributed by atoms with Gasteiger partial charge in [0.15, 0.2) is 5.82 Å². The molecule has 2 saturated heterocycles. The van der Waals surface area contributed by atoms with E-state index in [-0.39, 0.29) is 58.7 Å². The first-order valence-electron chi connectivity index (χ1n) is 16.3.